The van der Waals surface area contributed by atoms with E-state index in [4.69, 9.17) is 4.74 Å². The second kappa shape index (κ2) is 9.61. The maximum absolute atomic E-state index is 13.8. The van der Waals surface area contributed by atoms with Crippen molar-refractivity contribution in [3.63, 3.8) is 0 Å². The first kappa shape index (κ1) is 24.6. The number of carbonyl (C=O) groups excluding carboxylic acids is 1. The van der Waals surface area contributed by atoms with Gasteiger partial charge in [0.1, 0.15) is 18.2 Å². The SMILES string of the molecule is CC1CCN(c2ncccc2C(=O)NS(=O)(=O)c2cccc(OCc3ccccc3F)n2)C1(C)C. The highest BCUT2D eigenvalue weighted by Crippen LogP contribution is 2.38. The van der Waals surface area contributed by atoms with E-state index in [1.807, 2.05) is 4.90 Å². The molecular weight excluding hydrogens is 471 g/mol. The molecule has 4 rings (SSSR count). The van der Waals surface area contributed by atoms with Crippen LogP contribution in [0.5, 0.6) is 5.88 Å². The molecule has 1 atom stereocenters. The number of ether oxygens (including phenoxy) is 1. The third-order valence-corrected chi connectivity index (χ3v) is 7.74. The molecule has 184 valence electrons. The Morgan fingerprint density at radius 3 is 2.66 bits per heavy atom. The molecule has 3 heterocycles. The highest BCUT2D eigenvalue weighted by atomic mass is 32.2. The van der Waals surface area contributed by atoms with Gasteiger partial charge < -0.3 is 9.64 Å². The maximum Gasteiger partial charge on any atom is 0.281 e. The van der Waals surface area contributed by atoms with Gasteiger partial charge in [0.15, 0.2) is 5.03 Å². The number of carbonyl (C=O) groups is 1. The molecule has 2 aromatic heterocycles. The second-order valence-electron chi connectivity index (χ2n) is 9.00. The van der Waals surface area contributed by atoms with Crippen LogP contribution in [-0.2, 0) is 16.6 Å². The fourth-order valence-corrected chi connectivity index (χ4v) is 4.95. The number of anilines is 1. The van der Waals surface area contributed by atoms with E-state index in [0.29, 0.717) is 23.8 Å². The summed E-state index contributed by atoms with van der Waals surface area (Å²) in [7, 11) is -4.31. The number of pyridine rings is 2. The van der Waals surface area contributed by atoms with Gasteiger partial charge in [-0.05, 0) is 50.5 Å². The summed E-state index contributed by atoms with van der Waals surface area (Å²) >= 11 is 0. The number of nitrogens with one attached hydrogen (secondary N) is 1. The summed E-state index contributed by atoms with van der Waals surface area (Å²) in [5.74, 6) is -0.447. The normalized spacial score (nSPS) is 17.3. The summed E-state index contributed by atoms with van der Waals surface area (Å²) in [4.78, 5) is 23.5. The Balaban J connectivity index is 1.53. The molecule has 1 N–H and O–H groups in total. The first-order valence-electron chi connectivity index (χ1n) is 11.2. The molecule has 1 aliphatic heterocycles. The molecule has 0 radical (unpaired) electrons. The van der Waals surface area contributed by atoms with E-state index >= 15 is 0 Å². The molecule has 3 aromatic rings. The van der Waals surface area contributed by atoms with Crippen LogP contribution in [0.15, 0.2) is 65.8 Å². The van der Waals surface area contributed by atoms with Crippen LogP contribution in [-0.4, -0.2) is 36.4 Å². The Morgan fingerprint density at radius 1 is 1.17 bits per heavy atom. The van der Waals surface area contributed by atoms with Gasteiger partial charge in [-0.25, -0.2) is 14.1 Å². The summed E-state index contributed by atoms with van der Waals surface area (Å²) < 4.78 is 47.3. The topological polar surface area (TPSA) is 101 Å². The maximum atomic E-state index is 13.8. The van der Waals surface area contributed by atoms with E-state index in [2.05, 4.69) is 35.5 Å². The summed E-state index contributed by atoms with van der Waals surface area (Å²) in [6, 6.07) is 13.4. The first-order chi connectivity index (χ1) is 16.6. The van der Waals surface area contributed by atoms with Gasteiger partial charge in [0.05, 0.1) is 5.56 Å². The van der Waals surface area contributed by atoms with Crippen molar-refractivity contribution >= 4 is 21.7 Å². The summed E-state index contributed by atoms with van der Waals surface area (Å²) in [6.07, 6.45) is 2.52. The standard InChI is InChI=1S/C25H27FN4O4S/c1-17-13-15-30(25(17,2)3)23-19(9-7-14-27-23)24(31)29-35(32,33)22-12-6-11-21(28-22)34-16-18-8-4-5-10-20(18)26/h4-12,14,17H,13,15-16H2,1-3H3,(H,29,31). The number of nitrogens with zero attached hydrogens (tertiary/aromatic N) is 3. The van der Waals surface area contributed by atoms with E-state index in [0.717, 1.165) is 6.42 Å². The van der Waals surface area contributed by atoms with Gasteiger partial charge in [-0.15, -0.1) is 0 Å². The number of rotatable bonds is 7. The van der Waals surface area contributed by atoms with Crippen LogP contribution in [0.1, 0.15) is 43.1 Å². The number of hydrogen-bond donors (Lipinski definition) is 1. The smallest absolute Gasteiger partial charge is 0.281 e. The van der Waals surface area contributed by atoms with Crippen molar-refractivity contribution in [2.75, 3.05) is 11.4 Å². The summed E-state index contributed by atoms with van der Waals surface area (Å²) in [6.45, 7) is 6.88. The number of sulfonamides is 1. The third-order valence-electron chi connectivity index (χ3n) is 6.51. The number of aromatic nitrogens is 2. The zero-order chi connectivity index (χ0) is 25.2. The lowest BCUT2D eigenvalue weighted by Gasteiger charge is -2.36. The molecule has 1 saturated heterocycles. The molecule has 0 bridgehead atoms. The van der Waals surface area contributed by atoms with E-state index in [1.54, 1.807) is 36.5 Å². The Kier molecular flexibility index (Phi) is 6.75. The number of amides is 1. The van der Waals surface area contributed by atoms with Crippen LogP contribution < -0.4 is 14.4 Å². The highest BCUT2D eigenvalue weighted by molar-refractivity contribution is 7.90. The van der Waals surface area contributed by atoms with Crippen molar-refractivity contribution in [2.45, 2.75) is 44.4 Å². The minimum atomic E-state index is -4.31. The van der Waals surface area contributed by atoms with Crippen LogP contribution in [0.4, 0.5) is 10.2 Å². The molecule has 1 aliphatic rings. The molecule has 35 heavy (non-hydrogen) atoms. The predicted molar refractivity (Wildman–Crippen MR) is 129 cm³/mol. The van der Waals surface area contributed by atoms with Crippen LogP contribution in [0.25, 0.3) is 0 Å². The fraction of sp³-hybridized carbons (Fsp3) is 0.320. The van der Waals surface area contributed by atoms with E-state index in [-0.39, 0.29) is 23.6 Å². The van der Waals surface area contributed by atoms with Gasteiger partial charge in [0, 0.05) is 29.9 Å². The molecule has 0 aliphatic carbocycles. The van der Waals surface area contributed by atoms with E-state index < -0.39 is 26.8 Å². The van der Waals surface area contributed by atoms with Gasteiger partial charge in [0.2, 0.25) is 5.88 Å². The zero-order valence-corrected chi connectivity index (χ0v) is 20.5. The molecule has 8 nitrogen and oxygen atoms in total. The van der Waals surface area contributed by atoms with Crippen LogP contribution in [0.3, 0.4) is 0 Å². The Hall–Kier alpha value is -3.53. The van der Waals surface area contributed by atoms with Crippen molar-refractivity contribution in [2.24, 2.45) is 5.92 Å². The lowest BCUT2D eigenvalue weighted by atomic mass is 9.90. The van der Waals surface area contributed by atoms with Crippen LogP contribution >= 0.6 is 0 Å². The summed E-state index contributed by atoms with van der Waals surface area (Å²) in [5, 5.41) is -0.391. The molecule has 10 heteroatoms. The molecule has 1 aromatic carbocycles. The number of benzene rings is 1. The molecule has 1 fully saturated rings. The van der Waals surface area contributed by atoms with Gasteiger partial charge in [0.25, 0.3) is 15.9 Å². The monoisotopic (exact) mass is 498 g/mol. The van der Waals surface area contributed by atoms with Crippen molar-refractivity contribution in [3.05, 3.63) is 77.7 Å². The van der Waals surface area contributed by atoms with Crippen molar-refractivity contribution in [3.8, 4) is 5.88 Å². The van der Waals surface area contributed by atoms with Gasteiger partial charge in [-0.2, -0.15) is 13.4 Å². The van der Waals surface area contributed by atoms with E-state index in [1.165, 1.54) is 24.3 Å². The van der Waals surface area contributed by atoms with Crippen molar-refractivity contribution in [1.29, 1.82) is 0 Å². The number of hydrogen-bond acceptors (Lipinski definition) is 7. The fourth-order valence-electron chi connectivity index (χ4n) is 4.02. The van der Waals surface area contributed by atoms with Crippen molar-refractivity contribution < 1.29 is 22.3 Å². The van der Waals surface area contributed by atoms with Crippen molar-refractivity contribution in [1.82, 2.24) is 14.7 Å². The molecule has 1 amide bonds. The zero-order valence-electron chi connectivity index (χ0n) is 19.7. The minimum Gasteiger partial charge on any atom is -0.473 e. The molecule has 1 unspecified atom stereocenters. The average Bonchev–Trinajstić information content (AvgIpc) is 3.10. The summed E-state index contributed by atoms with van der Waals surface area (Å²) in [5.41, 5.74) is 0.220. The minimum absolute atomic E-state index is 0.0153. The molecule has 0 spiro atoms. The van der Waals surface area contributed by atoms with Gasteiger partial charge in [-0.1, -0.05) is 31.2 Å². The second-order valence-corrected chi connectivity index (χ2v) is 10.6. The van der Waals surface area contributed by atoms with Gasteiger partial charge >= 0.3 is 0 Å². The van der Waals surface area contributed by atoms with Crippen LogP contribution in [0, 0.1) is 11.7 Å². The Morgan fingerprint density at radius 2 is 1.94 bits per heavy atom. The quantitative estimate of drug-likeness (QED) is 0.527. The Bertz CT molecular complexity index is 1350. The Labute approximate surface area is 204 Å². The highest BCUT2D eigenvalue weighted by Gasteiger charge is 2.40. The number of halogens is 1. The molecular formula is C25H27FN4O4S. The average molecular weight is 499 g/mol. The third kappa shape index (κ3) is 5.12. The first-order valence-corrected chi connectivity index (χ1v) is 12.7. The lowest BCUT2D eigenvalue weighted by Crippen LogP contribution is -2.43. The lowest BCUT2D eigenvalue weighted by molar-refractivity contribution is 0.0981. The van der Waals surface area contributed by atoms with E-state index in [9.17, 15) is 17.6 Å². The largest absolute Gasteiger partial charge is 0.473 e. The van der Waals surface area contributed by atoms with Crippen LogP contribution in [0.2, 0.25) is 0 Å². The predicted octanol–water partition coefficient (Wildman–Crippen LogP) is 3.94. The molecule has 0 saturated carbocycles. The van der Waals surface area contributed by atoms with Gasteiger partial charge in [-0.3, -0.25) is 4.79 Å².